The number of hydrogen-bond acceptors (Lipinski definition) is 4. The van der Waals surface area contributed by atoms with E-state index in [2.05, 4.69) is 13.8 Å². The standard InChI is InChI=1S/C23H36O4/c1-15(24)26-23(27-16(2)25)13-5-7-17-9-10-18-19-8-6-12-21(19,3)14-11-20(18)22(17,23)4/h17-20H,5-14H2,1-4H3/t17-,18-,19-,20-,21-,22-/m0/s1. The van der Waals surface area contributed by atoms with Crippen LogP contribution in [0.15, 0.2) is 0 Å². The highest BCUT2D eigenvalue weighted by Gasteiger charge is 2.68. The van der Waals surface area contributed by atoms with Crippen LogP contribution in [0, 0.1) is 34.5 Å². The molecule has 4 saturated carbocycles. The van der Waals surface area contributed by atoms with Crippen molar-refractivity contribution in [2.75, 3.05) is 0 Å². The zero-order chi connectivity index (χ0) is 19.4. The Bertz CT molecular complexity index is 612. The lowest BCUT2D eigenvalue weighted by molar-refractivity contribution is -0.322. The predicted octanol–water partition coefficient (Wildman–Crippen LogP) is 5.24. The Morgan fingerprint density at radius 3 is 2.11 bits per heavy atom. The number of ether oxygens (including phenoxy) is 2. The second-order valence-electron chi connectivity index (χ2n) is 10.4. The van der Waals surface area contributed by atoms with E-state index in [1.54, 1.807) is 0 Å². The molecule has 6 atom stereocenters. The molecule has 0 bridgehead atoms. The van der Waals surface area contributed by atoms with Gasteiger partial charge in [-0.15, -0.1) is 0 Å². The lowest BCUT2D eigenvalue weighted by atomic mass is 9.43. The fourth-order valence-corrected chi connectivity index (χ4v) is 8.12. The van der Waals surface area contributed by atoms with Gasteiger partial charge >= 0.3 is 11.9 Å². The summed E-state index contributed by atoms with van der Waals surface area (Å²) >= 11 is 0. The fraction of sp³-hybridized carbons (Fsp3) is 0.913. The van der Waals surface area contributed by atoms with E-state index in [0.29, 0.717) is 29.6 Å². The molecule has 4 aliphatic rings. The fourth-order valence-electron chi connectivity index (χ4n) is 8.12. The molecule has 4 aliphatic carbocycles. The van der Waals surface area contributed by atoms with Gasteiger partial charge in [0.05, 0.1) is 5.41 Å². The first kappa shape index (κ1) is 19.3. The van der Waals surface area contributed by atoms with Crippen molar-refractivity contribution in [3.63, 3.8) is 0 Å². The Morgan fingerprint density at radius 2 is 1.44 bits per heavy atom. The number of rotatable bonds is 2. The van der Waals surface area contributed by atoms with Gasteiger partial charge in [-0.25, -0.2) is 0 Å². The van der Waals surface area contributed by atoms with Crippen LogP contribution in [-0.4, -0.2) is 17.7 Å². The first-order valence-corrected chi connectivity index (χ1v) is 11.1. The van der Waals surface area contributed by atoms with Crippen molar-refractivity contribution in [1.82, 2.24) is 0 Å². The minimum absolute atomic E-state index is 0.268. The molecule has 4 nitrogen and oxygen atoms in total. The maximum absolute atomic E-state index is 12.1. The van der Waals surface area contributed by atoms with Gasteiger partial charge < -0.3 is 9.47 Å². The van der Waals surface area contributed by atoms with Gasteiger partial charge in [-0.3, -0.25) is 9.59 Å². The van der Waals surface area contributed by atoms with Crippen molar-refractivity contribution in [2.24, 2.45) is 34.5 Å². The minimum Gasteiger partial charge on any atom is -0.422 e. The molecule has 0 aromatic rings. The number of fused-ring (bicyclic) bond motifs is 5. The lowest BCUT2D eigenvalue weighted by Gasteiger charge is -2.64. The van der Waals surface area contributed by atoms with Gasteiger partial charge in [0.2, 0.25) is 0 Å². The van der Waals surface area contributed by atoms with E-state index in [1.807, 2.05) is 0 Å². The number of hydrogen-bond donors (Lipinski definition) is 0. The molecule has 0 saturated heterocycles. The smallest absolute Gasteiger partial charge is 0.305 e. The third kappa shape index (κ3) is 2.76. The zero-order valence-electron chi connectivity index (χ0n) is 17.5. The van der Waals surface area contributed by atoms with Crippen molar-refractivity contribution in [2.45, 2.75) is 97.7 Å². The van der Waals surface area contributed by atoms with E-state index < -0.39 is 5.79 Å². The maximum Gasteiger partial charge on any atom is 0.305 e. The third-order valence-corrected chi connectivity index (χ3v) is 9.18. The normalized spacial score (nSPS) is 45.2. The van der Waals surface area contributed by atoms with Crippen LogP contribution < -0.4 is 0 Å². The van der Waals surface area contributed by atoms with E-state index in [-0.39, 0.29) is 17.4 Å². The molecular weight excluding hydrogens is 340 g/mol. The molecule has 27 heavy (non-hydrogen) atoms. The summed E-state index contributed by atoms with van der Waals surface area (Å²) in [6.45, 7) is 7.69. The molecule has 152 valence electrons. The summed E-state index contributed by atoms with van der Waals surface area (Å²) in [6.07, 6.45) is 11.7. The highest BCUT2D eigenvalue weighted by molar-refractivity contribution is 5.69. The summed E-state index contributed by atoms with van der Waals surface area (Å²) in [6, 6.07) is 0. The molecule has 0 aromatic carbocycles. The van der Waals surface area contributed by atoms with Crippen LogP contribution in [0.5, 0.6) is 0 Å². The molecule has 0 heterocycles. The monoisotopic (exact) mass is 376 g/mol. The van der Waals surface area contributed by atoms with E-state index in [1.165, 1.54) is 58.8 Å². The van der Waals surface area contributed by atoms with Gasteiger partial charge in [-0.05, 0) is 80.5 Å². The first-order valence-electron chi connectivity index (χ1n) is 11.1. The molecular formula is C23H36O4. The second kappa shape index (κ2) is 6.49. The topological polar surface area (TPSA) is 52.6 Å². The van der Waals surface area contributed by atoms with Crippen molar-refractivity contribution >= 4 is 11.9 Å². The molecule has 0 spiro atoms. The van der Waals surface area contributed by atoms with Gasteiger partial charge in [-0.2, -0.15) is 0 Å². The van der Waals surface area contributed by atoms with E-state index in [9.17, 15) is 9.59 Å². The van der Waals surface area contributed by atoms with Gasteiger partial charge in [0.25, 0.3) is 5.79 Å². The van der Waals surface area contributed by atoms with Crippen molar-refractivity contribution in [3.8, 4) is 0 Å². The summed E-state index contributed by atoms with van der Waals surface area (Å²) in [4.78, 5) is 24.2. The van der Waals surface area contributed by atoms with Gasteiger partial charge in [0.15, 0.2) is 0 Å². The second-order valence-corrected chi connectivity index (χ2v) is 10.4. The Kier molecular flexibility index (Phi) is 4.63. The van der Waals surface area contributed by atoms with Crippen LogP contribution in [0.3, 0.4) is 0 Å². The Morgan fingerprint density at radius 1 is 0.778 bits per heavy atom. The molecule has 0 aliphatic heterocycles. The van der Waals surface area contributed by atoms with Crippen LogP contribution >= 0.6 is 0 Å². The van der Waals surface area contributed by atoms with Gasteiger partial charge in [0, 0.05) is 20.3 Å². The van der Waals surface area contributed by atoms with Gasteiger partial charge in [-0.1, -0.05) is 20.3 Å². The van der Waals surface area contributed by atoms with Crippen LogP contribution in [0.2, 0.25) is 0 Å². The van der Waals surface area contributed by atoms with E-state index >= 15 is 0 Å². The van der Waals surface area contributed by atoms with Gasteiger partial charge in [0.1, 0.15) is 0 Å². The quantitative estimate of drug-likeness (QED) is 0.488. The van der Waals surface area contributed by atoms with E-state index in [0.717, 1.165) is 18.8 Å². The number of carbonyl (C=O) groups is 2. The average molecular weight is 377 g/mol. The van der Waals surface area contributed by atoms with Crippen LogP contribution in [0.4, 0.5) is 0 Å². The summed E-state index contributed by atoms with van der Waals surface area (Å²) in [5.74, 6) is 0.662. The number of carbonyl (C=O) groups excluding carboxylic acids is 2. The molecule has 0 N–H and O–H groups in total. The average Bonchev–Trinajstić information content (AvgIpc) is 2.96. The Balaban J connectivity index is 1.76. The van der Waals surface area contributed by atoms with E-state index in [4.69, 9.17) is 9.47 Å². The van der Waals surface area contributed by atoms with Crippen LogP contribution in [-0.2, 0) is 19.1 Å². The minimum atomic E-state index is -1.08. The molecule has 0 radical (unpaired) electrons. The van der Waals surface area contributed by atoms with Crippen LogP contribution in [0.25, 0.3) is 0 Å². The highest BCUT2D eigenvalue weighted by atomic mass is 16.7. The Labute approximate surface area is 163 Å². The molecule has 0 aromatic heterocycles. The summed E-state index contributed by atoms with van der Waals surface area (Å²) < 4.78 is 11.9. The van der Waals surface area contributed by atoms with Crippen molar-refractivity contribution < 1.29 is 19.1 Å². The lowest BCUT2D eigenvalue weighted by Crippen LogP contribution is -2.65. The molecule has 0 unspecified atom stereocenters. The van der Waals surface area contributed by atoms with Crippen LogP contribution in [0.1, 0.15) is 91.9 Å². The first-order chi connectivity index (χ1) is 12.7. The summed E-state index contributed by atoms with van der Waals surface area (Å²) in [5, 5.41) is 0. The highest BCUT2D eigenvalue weighted by Crippen LogP contribution is 2.69. The van der Waals surface area contributed by atoms with Crippen molar-refractivity contribution in [3.05, 3.63) is 0 Å². The Hall–Kier alpha value is -1.06. The SMILES string of the molecule is CC(=O)OC1(OC(C)=O)CCC[C@H]2CC[C@H]3[C@@H]4CCC[C@@]4(C)CC[C@@H]3[C@]21C. The predicted molar refractivity (Wildman–Crippen MR) is 103 cm³/mol. The molecule has 4 heteroatoms. The molecule has 4 fully saturated rings. The number of esters is 2. The zero-order valence-corrected chi connectivity index (χ0v) is 17.5. The molecule has 4 rings (SSSR count). The third-order valence-electron chi connectivity index (χ3n) is 9.18. The summed E-state index contributed by atoms with van der Waals surface area (Å²) in [5.41, 5.74) is 0.222. The summed E-state index contributed by atoms with van der Waals surface area (Å²) in [7, 11) is 0. The maximum atomic E-state index is 12.1. The largest absolute Gasteiger partial charge is 0.422 e. The molecule has 0 amide bonds. The van der Waals surface area contributed by atoms with Crippen molar-refractivity contribution in [1.29, 1.82) is 0 Å².